The number of ether oxygens (including phenoxy) is 2. The molecule has 110 valence electrons. The second-order valence-corrected chi connectivity index (χ2v) is 5.10. The Hall–Kier alpha value is -1.71. The lowest BCUT2D eigenvalue weighted by Crippen LogP contribution is -2.49. The number of rotatable bonds is 2. The van der Waals surface area contributed by atoms with Gasteiger partial charge >= 0.3 is 6.16 Å². The molecule has 3 fully saturated rings. The summed E-state index contributed by atoms with van der Waals surface area (Å²) in [5.41, 5.74) is -2.10. The predicted molar refractivity (Wildman–Crippen MR) is 57.9 cm³/mol. The van der Waals surface area contributed by atoms with E-state index in [1.165, 1.54) is 0 Å². The average molecular weight is 287 g/mol. The Morgan fingerprint density at radius 1 is 1.45 bits per heavy atom. The van der Waals surface area contributed by atoms with Gasteiger partial charge in [0.15, 0.2) is 11.9 Å². The summed E-state index contributed by atoms with van der Waals surface area (Å²) in [6, 6.07) is 0. The lowest BCUT2D eigenvalue weighted by molar-refractivity contribution is -0.194. The molecule has 0 aromatic heterocycles. The van der Waals surface area contributed by atoms with Crippen LogP contribution < -0.4 is 0 Å². The fraction of sp³-hybridized carbons (Fsp3) is 0.727. The molecule has 0 bridgehead atoms. The highest BCUT2D eigenvalue weighted by molar-refractivity contribution is 6.07. The number of carboxylic acid groups (broad SMARTS) is 1. The van der Waals surface area contributed by atoms with E-state index in [1.807, 2.05) is 0 Å². The molecule has 0 spiro atoms. The first-order chi connectivity index (χ1) is 9.41. The van der Waals surface area contributed by atoms with E-state index in [-0.39, 0.29) is 11.0 Å². The molecule has 20 heavy (non-hydrogen) atoms. The molecule has 0 saturated carbocycles. The van der Waals surface area contributed by atoms with Gasteiger partial charge in [-0.05, 0) is 12.8 Å². The number of hydrogen-bond donors (Lipinski definition) is 2. The summed E-state index contributed by atoms with van der Waals surface area (Å²) in [6.45, 7) is 0.557. The summed E-state index contributed by atoms with van der Waals surface area (Å²) in [7, 11) is 0. The molecule has 2 N–H and O–H groups in total. The molecule has 3 aliphatic rings. The molecule has 9 nitrogen and oxygen atoms in total. The molecule has 9 heteroatoms. The third kappa shape index (κ3) is 1.86. The van der Waals surface area contributed by atoms with Crippen LogP contribution in [0, 0.1) is 5.92 Å². The monoisotopic (exact) mass is 287 g/mol. The first-order valence-electron chi connectivity index (χ1n) is 6.19. The van der Waals surface area contributed by atoms with Crippen LogP contribution in [0.3, 0.4) is 0 Å². The highest BCUT2D eigenvalue weighted by Crippen LogP contribution is 2.42. The standard InChI is InChI=1S/C11H13NO8/c13-7-4-11(17,9(14)12(7)20-10(15)16)6-3-5-1-2-18-8(5)19-6/h5-6,8,17H,1-4H2,(H,15,16)/t5-,6?,8+,11?/m0/s1. The second-order valence-electron chi connectivity index (χ2n) is 5.10. The molecular formula is C11H13NO8. The Morgan fingerprint density at radius 3 is 2.85 bits per heavy atom. The molecule has 2 amide bonds. The van der Waals surface area contributed by atoms with Gasteiger partial charge in [0, 0.05) is 5.92 Å². The van der Waals surface area contributed by atoms with E-state index in [1.54, 1.807) is 0 Å². The van der Waals surface area contributed by atoms with E-state index in [2.05, 4.69) is 4.84 Å². The Kier molecular flexibility index (Phi) is 2.92. The van der Waals surface area contributed by atoms with Crippen LogP contribution in [-0.2, 0) is 23.9 Å². The summed E-state index contributed by atoms with van der Waals surface area (Å²) in [5, 5.41) is 18.9. The quantitative estimate of drug-likeness (QED) is 0.635. The topological polar surface area (TPSA) is 123 Å². The van der Waals surface area contributed by atoms with Crippen molar-refractivity contribution in [1.82, 2.24) is 5.06 Å². The molecule has 3 saturated heterocycles. The zero-order chi connectivity index (χ0) is 14.5. The van der Waals surface area contributed by atoms with Crippen molar-refractivity contribution in [3.63, 3.8) is 0 Å². The van der Waals surface area contributed by atoms with Crippen LogP contribution in [-0.4, -0.2) is 57.8 Å². The zero-order valence-corrected chi connectivity index (χ0v) is 10.4. The van der Waals surface area contributed by atoms with Gasteiger partial charge in [-0.1, -0.05) is 5.06 Å². The van der Waals surface area contributed by atoms with Gasteiger partial charge in [0.05, 0.1) is 19.1 Å². The van der Waals surface area contributed by atoms with Gasteiger partial charge in [0.2, 0.25) is 0 Å². The molecule has 3 heterocycles. The normalized spacial score (nSPS) is 40.2. The number of imide groups is 1. The minimum atomic E-state index is -2.10. The summed E-state index contributed by atoms with van der Waals surface area (Å²) >= 11 is 0. The van der Waals surface area contributed by atoms with Crippen molar-refractivity contribution in [2.24, 2.45) is 5.92 Å². The average Bonchev–Trinajstić information content (AvgIpc) is 2.99. The molecule has 3 aliphatic heterocycles. The minimum Gasteiger partial charge on any atom is -0.448 e. The van der Waals surface area contributed by atoms with E-state index >= 15 is 0 Å². The molecular weight excluding hydrogens is 274 g/mol. The van der Waals surface area contributed by atoms with Crippen LogP contribution in [0.4, 0.5) is 4.79 Å². The molecule has 0 aliphatic carbocycles. The summed E-state index contributed by atoms with van der Waals surface area (Å²) in [6.07, 6.45) is -2.62. The Balaban J connectivity index is 1.77. The lowest BCUT2D eigenvalue weighted by atomic mass is 9.89. The van der Waals surface area contributed by atoms with Gasteiger partial charge < -0.3 is 19.7 Å². The van der Waals surface area contributed by atoms with Crippen LogP contribution in [0.1, 0.15) is 19.3 Å². The Bertz CT molecular complexity index is 467. The lowest BCUT2D eigenvalue weighted by Gasteiger charge is -2.26. The van der Waals surface area contributed by atoms with Crippen molar-refractivity contribution in [3.8, 4) is 0 Å². The third-order valence-corrected chi connectivity index (χ3v) is 3.87. The van der Waals surface area contributed by atoms with E-state index in [0.717, 1.165) is 6.42 Å². The van der Waals surface area contributed by atoms with Crippen molar-refractivity contribution >= 4 is 18.0 Å². The highest BCUT2D eigenvalue weighted by atomic mass is 16.8. The number of hydroxylamine groups is 2. The van der Waals surface area contributed by atoms with Crippen molar-refractivity contribution in [1.29, 1.82) is 0 Å². The first-order valence-corrected chi connectivity index (χ1v) is 6.19. The molecule has 0 aromatic carbocycles. The fourth-order valence-electron chi connectivity index (χ4n) is 2.88. The largest absolute Gasteiger partial charge is 0.531 e. The van der Waals surface area contributed by atoms with Gasteiger partial charge in [-0.25, -0.2) is 4.79 Å². The van der Waals surface area contributed by atoms with Crippen LogP contribution in [0.2, 0.25) is 0 Å². The van der Waals surface area contributed by atoms with E-state index in [9.17, 15) is 19.5 Å². The number of carbonyl (C=O) groups is 3. The molecule has 0 radical (unpaired) electrons. The maximum atomic E-state index is 12.0. The highest BCUT2D eigenvalue weighted by Gasteiger charge is 2.61. The number of carbonyl (C=O) groups excluding carboxylic acids is 2. The molecule has 4 atom stereocenters. The Labute approximate surface area is 112 Å². The zero-order valence-electron chi connectivity index (χ0n) is 10.4. The van der Waals surface area contributed by atoms with Crippen molar-refractivity contribution in [2.45, 2.75) is 37.3 Å². The van der Waals surface area contributed by atoms with Crippen LogP contribution in [0.25, 0.3) is 0 Å². The van der Waals surface area contributed by atoms with Crippen molar-refractivity contribution in [2.75, 3.05) is 6.61 Å². The number of nitrogens with zero attached hydrogens (tertiary/aromatic N) is 1. The number of hydrogen-bond acceptors (Lipinski definition) is 7. The number of fused-ring (bicyclic) bond motifs is 1. The van der Waals surface area contributed by atoms with Crippen molar-refractivity contribution in [3.05, 3.63) is 0 Å². The maximum absolute atomic E-state index is 12.0. The summed E-state index contributed by atoms with van der Waals surface area (Å²) < 4.78 is 10.8. The number of aliphatic hydroxyl groups is 1. The van der Waals surface area contributed by atoms with Crippen LogP contribution in [0.15, 0.2) is 0 Å². The van der Waals surface area contributed by atoms with Crippen molar-refractivity contribution < 1.29 is 38.9 Å². The number of amides is 2. The fourth-order valence-corrected chi connectivity index (χ4v) is 2.88. The van der Waals surface area contributed by atoms with Gasteiger partial charge in [-0.2, -0.15) is 0 Å². The second kappa shape index (κ2) is 4.40. The molecule has 3 rings (SSSR count). The van der Waals surface area contributed by atoms with E-state index in [0.29, 0.717) is 13.0 Å². The predicted octanol–water partition coefficient (Wildman–Crippen LogP) is -0.763. The van der Waals surface area contributed by atoms with Gasteiger partial charge in [-0.15, -0.1) is 0 Å². The summed E-state index contributed by atoms with van der Waals surface area (Å²) in [4.78, 5) is 38.2. The van der Waals surface area contributed by atoms with Crippen LogP contribution >= 0.6 is 0 Å². The SMILES string of the molecule is O=C(O)ON1C(=O)CC(O)(C2C[C@@H]3CCO[C@@H]3O2)C1=O. The summed E-state index contributed by atoms with van der Waals surface area (Å²) in [5.74, 6) is -1.96. The third-order valence-electron chi connectivity index (χ3n) is 3.87. The molecule has 2 unspecified atom stereocenters. The smallest absolute Gasteiger partial charge is 0.448 e. The van der Waals surface area contributed by atoms with Gasteiger partial charge in [0.25, 0.3) is 11.8 Å². The Morgan fingerprint density at radius 2 is 2.20 bits per heavy atom. The van der Waals surface area contributed by atoms with Gasteiger partial charge in [-0.3, -0.25) is 14.4 Å². The van der Waals surface area contributed by atoms with E-state index in [4.69, 9.17) is 14.6 Å². The van der Waals surface area contributed by atoms with E-state index < -0.39 is 42.4 Å². The van der Waals surface area contributed by atoms with Gasteiger partial charge in [0.1, 0.15) is 0 Å². The van der Waals surface area contributed by atoms with Crippen LogP contribution in [0.5, 0.6) is 0 Å². The minimum absolute atomic E-state index is 0.0701. The first kappa shape index (κ1) is 13.3. The maximum Gasteiger partial charge on any atom is 0.531 e. The molecule has 0 aromatic rings.